The maximum atomic E-state index is 12.6. The molecule has 1 amide bonds. The zero-order valence-electron chi connectivity index (χ0n) is 21.7. The van der Waals surface area contributed by atoms with Crippen LogP contribution in [0.3, 0.4) is 0 Å². The number of hydrogen-bond acceptors (Lipinski definition) is 17. The van der Waals surface area contributed by atoms with E-state index in [1.165, 1.54) is 0 Å². The van der Waals surface area contributed by atoms with Crippen LogP contribution in [0.1, 0.15) is 12.8 Å². The molecule has 3 fully saturated rings. The SMILES string of the molecule is NCCC(O)C(=O)N[C@@H]1C[C@H](N)[C@@H](O[C@H]2O[C@H](CN)[C@@H](O)[C@H](O)[C@H]2O)[C@H](O)[C@H]1O[C@@H]1O[C@H](CO)[C@@H](O)[C@H](N)[C@H]1O. The first-order valence-electron chi connectivity index (χ1n) is 13.1. The van der Waals surface area contributed by atoms with Gasteiger partial charge in [-0.3, -0.25) is 4.79 Å². The summed E-state index contributed by atoms with van der Waals surface area (Å²) in [6, 6.07) is -3.45. The third-order valence-corrected chi connectivity index (χ3v) is 7.51. The number of carbonyl (C=O) groups is 1. The molecule has 0 aromatic heterocycles. The van der Waals surface area contributed by atoms with Gasteiger partial charge in [0.2, 0.25) is 5.91 Å². The van der Waals surface area contributed by atoms with Crippen LogP contribution < -0.4 is 28.3 Å². The number of amides is 1. The summed E-state index contributed by atoms with van der Waals surface area (Å²) >= 11 is 0. The van der Waals surface area contributed by atoms with Crippen LogP contribution >= 0.6 is 0 Å². The molecule has 40 heavy (non-hydrogen) atoms. The fraction of sp³-hybridized carbons (Fsp3) is 0.955. The van der Waals surface area contributed by atoms with Crippen LogP contribution in [0.25, 0.3) is 0 Å². The zero-order valence-corrected chi connectivity index (χ0v) is 21.7. The minimum Gasteiger partial charge on any atom is -0.394 e. The van der Waals surface area contributed by atoms with Gasteiger partial charge in [-0.2, -0.15) is 0 Å². The Morgan fingerprint density at radius 1 is 0.850 bits per heavy atom. The zero-order chi connectivity index (χ0) is 29.9. The molecule has 18 nitrogen and oxygen atoms in total. The molecule has 0 spiro atoms. The summed E-state index contributed by atoms with van der Waals surface area (Å²) in [5, 5.41) is 84.9. The average Bonchev–Trinajstić information content (AvgIpc) is 2.92. The Morgan fingerprint density at radius 2 is 1.45 bits per heavy atom. The summed E-state index contributed by atoms with van der Waals surface area (Å²) in [5.41, 5.74) is 23.1. The van der Waals surface area contributed by atoms with Crippen molar-refractivity contribution < 1.29 is 64.6 Å². The number of hydrogen-bond donors (Lipinski definition) is 13. The maximum Gasteiger partial charge on any atom is 0.249 e. The molecule has 2 aliphatic heterocycles. The summed E-state index contributed by atoms with van der Waals surface area (Å²) in [5.74, 6) is -0.845. The van der Waals surface area contributed by atoms with Crippen molar-refractivity contribution in [3.8, 4) is 0 Å². The number of carbonyl (C=O) groups excluding carboxylic acids is 1. The summed E-state index contributed by atoms with van der Waals surface area (Å²) in [7, 11) is 0. The van der Waals surface area contributed by atoms with E-state index in [1.54, 1.807) is 0 Å². The van der Waals surface area contributed by atoms with E-state index >= 15 is 0 Å². The average molecular weight is 586 g/mol. The number of aliphatic hydroxyl groups excluding tert-OH is 8. The second kappa shape index (κ2) is 14.3. The van der Waals surface area contributed by atoms with Crippen LogP contribution in [-0.4, -0.2) is 164 Å². The van der Waals surface area contributed by atoms with Crippen LogP contribution in [0.5, 0.6) is 0 Å². The molecular formula is C22H43N5O13. The summed E-state index contributed by atoms with van der Waals surface area (Å²) < 4.78 is 22.5. The van der Waals surface area contributed by atoms with Crippen molar-refractivity contribution in [2.45, 2.75) is 111 Å². The van der Waals surface area contributed by atoms with Crippen LogP contribution in [0.15, 0.2) is 0 Å². The number of ether oxygens (including phenoxy) is 4. The summed E-state index contributed by atoms with van der Waals surface area (Å²) in [6.07, 6.45) is -19.8. The summed E-state index contributed by atoms with van der Waals surface area (Å²) in [4.78, 5) is 12.6. The van der Waals surface area contributed by atoms with E-state index in [4.69, 9.17) is 41.9 Å². The molecule has 0 aromatic rings. The van der Waals surface area contributed by atoms with Crippen molar-refractivity contribution in [1.29, 1.82) is 0 Å². The Bertz CT molecular complexity index is 815. The lowest BCUT2D eigenvalue weighted by Crippen LogP contribution is -2.69. The van der Waals surface area contributed by atoms with Gasteiger partial charge < -0.3 is 88.1 Å². The van der Waals surface area contributed by atoms with Gasteiger partial charge in [-0.15, -0.1) is 0 Å². The van der Waals surface area contributed by atoms with Crippen molar-refractivity contribution >= 4 is 5.91 Å². The first-order valence-corrected chi connectivity index (χ1v) is 13.1. The highest BCUT2D eigenvalue weighted by atomic mass is 16.7. The number of rotatable bonds is 10. The van der Waals surface area contributed by atoms with E-state index in [9.17, 15) is 45.6 Å². The standard InChI is InChI=1S/C22H43N5O13/c23-2-1-8(29)20(36)27-7-3-6(25)18(39-22-16(34)15(33)13(31)9(4-24)37-22)17(35)19(7)40-21-14(32)11(26)12(30)10(5-28)38-21/h6-19,21-22,28-35H,1-5,23-26H2,(H,27,36)/t6-,7+,8?,9+,10+,11-,12+,13+,14+,15-,16+,17-,18+,19-,21-,22+/m0/s1. The first-order chi connectivity index (χ1) is 18.9. The van der Waals surface area contributed by atoms with E-state index < -0.39 is 110 Å². The van der Waals surface area contributed by atoms with Crippen molar-refractivity contribution in [3.05, 3.63) is 0 Å². The van der Waals surface area contributed by atoms with E-state index in [0.29, 0.717) is 0 Å². The molecule has 2 saturated heterocycles. The lowest BCUT2D eigenvalue weighted by atomic mass is 9.83. The van der Waals surface area contributed by atoms with E-state index in [2.05, 4.69) is 5.32 Å². The monoisotopic (exact) mass is 585 g/mol. The summed E-state index contributed by atoms with van der Waals surface area (Å²) in [6.45, 7) is -0.898. The molecule has 2 heterocycles. The van der Waals surface area contributed by atoms with Gasteiger partial charge in [0.05, 0.1) is 18.7 Å². The largest absolute Gasteiger partial charge is 0.394 e. The molecule has 0 bridgehead atoms. The molecule has 234 valence electrons. The molecule has 3 rings (SSSR count). The van der Waals surface area contributed by atoms with Gasteiger partial charge in [0.1, 0.15) is 67.1 Å². The van der Waals surface area contributed by atoms with Gasteiger partial charge >= 0.3 is 0 Å². The second-order valence-electron chi connectivity index (χ2n) is 10.3. The Balaban J connectivity index is 1.85. The third-order valence-electron chi connectivity index (χ3n) is 7.51. The predicted octanol–water partition coefficient (Wildman–Crippen LogP) is -8.42. The highest BCUT2D eigenvalue weighted by Gasteiger charge is 2.52. The molecule has 0 radical (unpaired) electrons. The molecule has 1 unspecified atom stereocenters. The van der Waals surface area contributed by atoms with Crippen molar-refractivity contribution in [2.24, 2.45) is 22.9 Å². The second-order valence-corrected chi connectivity index (χ2v) is 10.3. The number of nitrogens with one attached hydrogen (secondary N) is 1. The van der Waals surface area contributed by atoms with Gasteiger partial charge in [0.15, 0.2) is 12.6 Å². The van der Waals surface area contributed by atoms with Gasteiger partial charge in [0, 0.05) is 12.6 Å². The number of nitrogens with two attached hydrogens (primary N) is 4. The Hall–Kier alpha value is -1.17. The van der Waals surface area contributed by atoms with Gasteiger partial charge in [-0.25, -0.2) is 0 Å². The quantitative estimate of drug-likeness (QED) is 0.113. The van der Waals surface area contributed by atoms with Gasteiger partial charge in [-0.05, 0) is 19.4 Å². The van der Waals surface area contributed by atoms with Crippen LogP contribution in [-0.2, 0) is 23.7 Å². The smallest absolute Gasteiger partial charge is 0.249 e. The van der Waals surface area contributed by atoms with Crippen LogP contribution in [0.2, 0.25) is 0 Å². The molecule has 1 saturated carbocycles. The Kier molecular flexibility index (Phi) is 11.9. The van der Waals surface area contributed by atoms with Crippen molar-refractivity contribution in [1.82, 2.24) is 5.32 Å². The highest BCUT2D eigenvalue weighted by molar-refractivity contribution is 5.80. The minimum atomic E-state index is -1.76. The molecule has 3 aliphatic rings. The van der Waals surface area contributed by atoms with E-state index in [-0.39, 0.29) is 25.9 Å². The van der Waals surface area contributed by atoms with Gasteiger partial charge in [-0.1, -0.05) is 0 Å². The fourth-order valence-electron chi connectivity index (χ4n) is 5.07. The Labute approximate surface area is 229 Å². The first kappa shape index (κ1) is 33.3. The topological polar surface area (TPSA) is 332 Å². The molecule has 18 heteroatoms. The lowest BCUT2D eigenvalue weighted by Gasteiger charge is -2.49. The minimum absolute atomic E-state index is 0.0101. The third kappa shape index (κ3) is 7.06. The molecule has 1 aliphatic carbocycles. The van der Waals surface area contributed by atoms with Crippen molar-refractivity contribution in [3.63, 3.8) is 0 Å². The lowest BCUT2D eigenvalue weighted by molar-refractivity contribution is -0.332. The predicted molar refractivity (Wildman–Crippen MR) is 131 cm³/mol. The van der Waals surface area contributed by atoms with Crippen LogP contribution in [0, 0.1) is 0 Å². The molecular weight excluding hydrogens is 542 g/mol. The van der Waals surface area contributed by atoms with Gasteiger partial charge in [0.25, 0.3) is 0 Å². The maximum absolute atomic E-state index is 12.6. The molecule has 17 N–H and O–H groups in total. The normalized spacial score (nSPS) is 47.0. The van der Waals surface area contributed by atoms with Crippen molar-refractivity contribution in [2.75, 3.05) is 19.7 Å². The molecule has 16 atom stereocenters. The molecule has 0 aromatic carbocycles. The fourth-order valence-corrected chi connectivity index (χ4v) is 5.07. The van der Waals surface area contributed by atoms with Crippen LogP contribution in [0.4, 0.5) is 0 Å². The Morgan fingerprint density at radius 3 is 2.05 bits per heavy atom. The number of aliphatic hydroxyl groups is 8. The van der Waals surface area contributed by atoms with E-state index in [0.717, 1.165) is 0 Å². The van der Waals surface area contributed by atoms with E-state index in [1.807, 2.05) is 0 Å². The highest BCUT2D eigenvalue weighted by Crippen LogP contribution is 2.32.